The number of allylic oxidation sites excluding steroid dienone is 3. The van der Waals surface area contributed by atoms with Gasteiger partial charge in [0.1, 0.15) is 5.75 Å². The fourth-order valence-corrected chi connectivity index (χ4v) is 12.3. The van der Waals surface area contributed by atoms with E-state index in [1.165, 1.54) is 97.2 Å². The number of hydrogen-bond acceptors (Lipinski definition) is 5. The van der Waals surface area contributed by atoms with Crippen molar-refractivity contribution in [2.45, 2.75) is 215 Å². The number of hydrogen-bond donors (Lipinski definition) is 0. The van der Waals surface area contributed by atoms with Gasteiger partial charge < -0.3 is 4.74 Å². The van der Waals surface area contributed by atoms with Gasteiger partial charge >= 0.3 is 6.18 Å². The van der Waals surface area contributed by atoms with Crippen LogP contribution in [0.4, 0.5) is 13.2 Å². The van der Waals surface area contributed by atoms with Crippen LogP contribution in [0, 0.1) is 10.8 Å². The third-order valence-electron chi connectivity index (χ3n) is 17.6. The lowest BCUT2D eigenvalue weighted by molar-refractivity contribution is -0.137. The Morgan fingerprint density at radius 1 is 0.525 bits per heavy atom. The number of halogens is 4. The highest BCUT2D eigenvalue weighted by atomic mass is 35.5. The predicted octanol–water partition coefficient (Wildman–Crippen LogP) is 19.3. The third kappa shape index (κ3) is 20.9. The molecule has 0 saturated carbocycles. The fourth-order valence-electron chi connectivity index (χ4n) is 12.1. The molecule has 3 aromatic carbocycles. The molecule has 4 heterocycles. The fraction of sp³-hybridized carbons (Fsp3) is 0.592. The molecule has 5 nitrogen and oxygen atoms in total. The quantitative estimate of drug-likeness (QED) is 0.0984. The number of nitrogens with zero attached hydrogens (tertiary/aromatic N) is 4. The highest BCUT2D eigenvalue weighted by molar-refractivity contribution is 6.30. The molecule has 3 aliphatic rings. The zero-order chi connectivity index (χ0) is 59.3. The smallest absolute Gasteiger partial charge is 0.416 e. The predicted molar refractivity (Wildman–Crippen MR) is 335 cm³/mol. The Morgan fingerprint density at radius 3 is 1.16 bits per heavy atom. The molecule has 0 N–H and O–H groups in total. The van der Waals surface area contributed by atoms with Crippen molar-refractivity contribution < 1.29 is 17.9 Å². The molecule has 3 saturated heterocycles. The van der Waals surface area contributed by atoms with E-state index in [-0.39, 0.29) is 16.2 Å². The zero-order valence-electron chi connectivity index (χ0n) is 52.6. The molecule has 0 bridgehead atoms. The van der Waals surface area contributed by atoms with E-state index in [0.717, 1.165) is 61.8 Å². The summed E-state index contributed by atoms with van der Waals surface area (Å²) in [5.41, 5.74) is 9.59. The molecule has 7 rings (SSSR count). The maximum absolute atomic E-state index is 12.9. The summed E-state index contributed by atoms with van der Waals surface area (Å²) >= 11 is 6.07. The number of methoxy groups -OCH3 is 1. The van der Waals surface area contributed by atoms with Crippen LogP contribution in [0.25, 0.3) is 0 Å². The second kappa shape index (κ2) is 28.9. The summed E-state index contributed by atoms with van der Waals surface area (Å²) in [5, 5.41) is 0.814. The number of piperidine rings is 3. The topological polar surface area (TPSA) is 31.8 Å². The molecule has 442 valence electrons. The molecule has 0 radical (unpaired) electrons. The molecule has 4 aromatic rings. The number of ether oxygens (including phenoxy) is 1. The van der Waals surface area contributed by atoms with Crippen LogP contribution < -0.4 is 4.74 Å². The molecule has 3 aliphatic heterocycles. The highest BCUT2D eigenvalue weighted by Crippen LogP contribution is 2.40. The van der Waals surface area contributed by atoms with Gasteiger partial charge in [0.2, 0.25) is 0 Å². The normalized spacial score (nSPS) is 18.7. The van der Waals surface area contributed by atoms with E-state index < -0.39 is 11.7 Å². The Balaban J connectivity index is 0.000000222. The number of benzene rings is 3. The third-order valence-corrected chi connectivity index (χ3v) is 17.9. The molecule has 0 aliphatic carbocycles. The van der Waals surface area contributed by atoms with Crippen molar-refractivity contribution >= 4 is 11.6 Å². The first kappa shape index (κ1) is 66.6. The summed E-state index contributed by atoms with van der Waals surface area (Å²) in [6, 6.07) is 28.3. The Bertz CT molecular complexity index is 2560. The van der Waals surface area contributed by atoms with E-state index in [4.69, 9.17) is 16.3 Å². The second-order valence-electron chi connectivity index (χ2n) is 28.0. The summed E-state index contributed by atoms with van der Waals surface area (Å²) in [7, 11) is 1.72. The van der Waals surface area contributed by atoms with Gasteiger partial charge in [0.25, 0.3) is 0 Å². The molecule has 0 amide bonds. The van der Waals surface area contributed by atoms with E-state index in [1.54, 1.807) is 19.2 Å². The van der Waals surface area contributed by atoms with E-state index in [1.807, 2.05) is 24.5 Å². The van der Waals surface area contributed by atoms with Crippen molar-refractivity contribution in [3.63, 3.8) is 0 Å². The van der Waals surface area contributed by atoms with E-state index in [0.29, 0.717) is 34.9 Å². The first-order valence-corrected chi connectivity index (χ1v) is 30.3. The van der Waals surface area contributed by atoms with Crippen LogP contribution in [0.3, 0.4) is 0 Å². The van der Waals surface area contributed by atoms with Gasteiger partial charge in [-0.15, -0.1) is 0 Å². The van der Waals surface area contributed by atoms with Crippen molar-refractivity contribution in [3.8, 4) is 5.75 Å². The SMILES string of the molecule is CC(C)=CC(CC(C)(C)c1ccc(C(F)(F)F)cc1)N1CCC(C)(C)CC1.CC(C)=CC(CC(C)(C)c1ccc(Cl)cc1)N1CCC(C)(C)CC1.COc1ccc(C(C)(C)CC(C=C(C)C)N2CCC(c3ccncc3)CC2)cc1. The lowest BCUT2D eigenvalue weighted by atomic mass is 9.77. The van der Waals surface area contributed by atoms with Crippen molar-refractivity contribution in [1.29, 1.82) is 0 Å². The van der Waals surface area contributed by atoms with Gasteiger partial charge in [0, 0.05) is 35.5 Å². The molecular weight excluding hydrogens is 1020 g/mol. The Hall–Kier alpha value is -4.21. The van der Waals surface area contributed by atoms with Crippen LogP contribution in [0.2, 0.25) is 5.02 Å². The minimum atomic E-state index is -4.28. The van der Waals surface area contributed by atoms with Crippen molar-refractivity contribution in [1.82, 2.24) is 19.7 Å². The average Bonchev–Trinajstić information content (AvgIpc) is 3.39. The molecular formula is C71H104ClF3N4O. The van der Waals surface area contributed by atoms with Crippen LogP contribution in [0.15, 0.2) is 132 Å². The van der Waals surface area contributed by atoms with E-state index in [2.05, 4.69) is 197 Å². The maximum Gasteiger partial charge on any atom is 0.416 e. The monoisotopic (exact) mass is 1120 g/mol. The highest BCUT2D eigenvalue weighted by Gasteiger charge is 2.36. The number of aromatic nitrogens is 1. The average molecular weight is 1120 g/mol. The Kier molecular flexibility index (Phi) is 24.0. The van der Waals surface area contributed by atoms with Crippen LogP contribution in [0.5, 0.6) is 5.75 Å². The summed E-state index contributed by atoms with van der Waals surface area (Å²) in [4.78, 5) is 12.1. The van der Waals surface area contributed by atoms with E-state index in [9.17, 15) is 13.2 Å². The van der Waals surface area contributed by atoms with Crippen LogP contribution in [-0.4, -0.2) is 84.2 Å². The van der Waals surface area contributed by atoms with Crippen molar-refractivity contribution in [2.75, 3.05) is 46.4 Å². The van der Waals surface area contributed by atoms with Crippen LogP contribution in [0.1, 0.15) is 202 Å². The zero-order valence-corrected chi connectivity index (χ0v) is 53.4. The summed E-state index contributed by atoms with van der Waals surface area (Å²) in [5.74, 6) is 1.58. The lowest BCUT2D eigenvalue weighted by Gasteiger charge is -2.42. The molecule has 1 aromatic heterocycles. The second-order valence-corrected chi connectivity index (χ2v) is 28.4. The Morgan fingerprint density at radius 2 is 0.838 bits per heavy atom. The molecule has 3 unspecified atom stereocenters. The lowest BCUT2D eigenvalue weighted by Crippen LogP contribution is -2.45. The number of rotatable bonds is 17. The van der Waals surface area contributed by atoms with Gasteiger partial charge in [-0.3, -0.25) is 19.7 Å². The molecule has 0 spiro atoms. The molecule has 3 fully saturated rings. The first-order valence-electron chi connectivity index (χ1n) is 29.9. The number of alkyl halides is 3. The summed E-state index contributed by atoms with van der Waals surface area (Å²) < 4.78 is 43.9. The number of likely N-dealkylation sites (tertiary alicyclic amines) is 3. The van der Waals surface area contributed by atoms with Crippen LogP contribution in [-0.2, 0) is 22.4 Å². The van der Waals surface area contributed by atoms with E-state index >= 15 is 0 Å². The number of pyridine rings is 1. The van der Waals surface area contributed by atoms with Gasteiger partial charge in [-0.25, -0.2) is 0 Å². The molecule has 9 heteroatoms. The minimum Gasteiger partial charge on any atom is -0.497 e. The minimum absolute atomic E-state index is 0.102. The molecule has 3 atom stereocenters. The summed E-state index contributed by atoms with van der Waals surface area (Å²) in [6.45, 7) is 43.1. The van der Waals surface area contributed by atoms with Gasteiger partial charge in [-0.1, -0.05) is 152 Å². The standard InChI is InChI=1S/C26H36N2O.C23H34F3N.C22H34ClN/c1-20(2)18-24(19-26(3,4)23-6-8-25(29-5)9-7-23)28-16-12-22(13-17-28)21-10-14-27-15-11-21;1-17(2)15-20(27-13-11-21(3,4)12-14-27)16-22(5,6)18-7-9-19(10-8-18)23(24,25)26;1-17(2)15-20(24-13-11-21(3,4)12-14-24)16-22(5,6)18-7-9-19(23)10-8-18/h6-11,14-15,18,22,24H,12-13,16-17,19H2,1-5H3;7-10,15,20H,11-14,16H2,1-6H3;7-10,15,20H,11-14,16H2,1-6H3. The maximum atomic E-state index is 12.9. The molecule has 80 heavy (non-hydrogen) atoms. The van der Waals surface area contributed by atoms with Gasteiger partial charge in [-0.05, 0) is 242 Å². The summed E-state index contributed by atoms with van der Waals surface area (Å²) in [6.07, 6.45) is 17.4. The van der Waals surface area contributed by atoms with Gasteiger partial charge in [-0.2, -0.15) is 13.2 Å². The van der Waals surface area contributed by atoms with Crippen LogP contribution >= 0.6 is 11.6 Å². The van der Waals surface area contributed by atoms with Crippen molar-refractivity contribution in [3.05, 3.63) is 165 Å². The Labute approximate surface area is 489 Å². The van der Waals surface area contributed by atoms with Gasteiger partial charge in [0.05, 0.1) is 12.7 Å². The first-order chi connectivity index (χ1) is 37.3. The van der Waals surface area contributed by atoms with Crippen molar-refractivity contribution in [2.24, 2.45) is 10.8 Å². The largest absolute Gasteiger partial charge is 0.497 e. The van der Waals surface area contributed by atoms with Gasteiger partial charge in [0.15, 0.2) is 0 Å².